The second-order valence-corrected chi connectivity index (χ2v) is 5.88. The largest absolute Gasteiger partial charge is 0.375 e. The van der Waals surface area contributed by atoms with Gasteiger partial charge in [0.1, 0.15) is 5.15 Å². The second-order valence-electron chi connectivity index (χ2n) is 5.51. The van der Waals surface area contributed by atoms with Crippen molar-refractivity contribution in [2.75, 3.05) is 6.61 Å². The number of hydrogen-bond acceptors (Lipinski definition) is 3. The predicted molar refractivity (Wildman–Crippen MR) is 74.0 cm³/mol. The lowest BCUT2D eigenvalue weighted by molar-refractivity contribution is -0.0701. The van der Waals surface area contributed by atoms with Gasteiger partial charge in [-0.05, 0) is 33.1 Å². The van der Waals surface area contributed by atoms with Crippen LogP contribution in [-0.4, -0.2) is 21.8 Å². The van der Waals surface area contributed by atoms with E-state index in [-0.39, 0.29) is 22.4 Å². The summed E-state index contributed by atoms with van der Waals surface area (Å²) in [4.78, 5) is 26.9. The maximum atomic E-state index is 12.4. The second kappa shape index (κ2) is 5.13. The Morgan fingerprint density at radius 3 is 2.74 bits per heavy atom. The van der Waals surface area contributed by atoms with Gasteiger partial charge in [0.25, 0.3) is 5.56 Å². The maximum absolute atomic E-state index is 12.4. The zero-order valence-electron chi connectivity index (χ0n) is 11.5. The zero-order chi connectivity index (χ0) is 14.2. The molecule has 0 aromatic carbocycles. The highest BCUT2D eigenvalue weighted by atomic mass is 35.5. The van der Waals surface area contributed by atoms with Gasteiger partial charge in [0.15, 0.2) is 0 Å². The fourth-order valence-corrected chi connectivity index (χ4v) is 2.91. The van der Waals surface area contributed by atoms with Gasteiger partial charge in [-0.25, -0.2) is 4.79 Å². The summed E-state index contributed by atoms with van der Waals surface area (Å²) in [6, 6.07) is -0.137. The van der Waals surface area contributed by atoms with Crippen molar-refractivity contribution < 1.29 is 4.74 Å². The average molecular weight is 287 g/mol. The van der Waals surface area contributed by atoms with Crippen molar-refractivity contribution in [2.45, 2.75) is 51.7 Å². The van der Waals surface area contributed by atoms with Crippen LogP contribution in [0.2, 0.25) is 5.15 Å². The highest BCUT2D eigenvalue weighted by Gasteiger charge is 2.31. The lowest BCUT2D eigenvalue weighted by Gasteiger charge is -2.35. The molecule has 5 nitrogen and oxygen atoms in total. The summed E-state index contributed by atoms with van der Waals surface area (Å²) < 4.78 is 6.92. The number of ether oxygens (including phenoxy) is 1. The molecule has 0 bridgehead atoms. The van der Waals surface area contributed by atoms with Gasteiger partial charge in [0, 0.05) is 12.6 Å². The van der Waals surface area contributed by atoms with Gasteiger partial charge in [0.05, 0.1) is 11.2 Å². The van der Waals surface area contributed by atoms with E-state index in [0.29, 0.717) is 31.4 Å². The van der Waals surface area contributed by atoms with Gasteiger partial charge in [-0.15, -0.1) is 0 Å². The van der Waals surface area contributed by atoms with Gasteiger partial charge in [-0.3, -0.25) is 14.3 Å². The van der Waals surface area contributed by atoms with Crippen LogP contribution in [0.4, 0.5) is 0 Å². The molecule has 0 radical (unpaired) electrons. The first-order chi connectivity index (χ1) is 8.85. The molecule has 2 heterocycles. The molecule has 0 amide bonds. The van der Waals surface area contributed by atoms with Gasteiger partial charge in [0.2, 0.25) is 0 Å². The van der Waals surface area contributed by atoms with Gasteiger partial charge >= 0.3 is 5.69 Å². The van der Waals surface area contributed by atoms with E-state index in [9.17, 15) is 9.59 Å². The molecule has 1 atom stereocenters. The molecule has 1 N–H and O–H groups in total. The molecule has 1 fully saturated rings. The molecule has 0 aliphatic carbocycles. The van der Waals surface area contributed by atoms with E-state index in [2.05, 4.69) is 4.98 Å². The minimum Gasteiger partial charge on any atom is -0.375 e. The molecule has 2 rings (SSSR count). The molecule has 106 valence electrons. The Kier molecular flexibility index (Phi) is 3.87. The smallest absolute Gasteiger partial charge is 0.329 e. The third-order valence-corrected chi connectivity index (χ3v) is 3.89. The van der Waals surface area contributed by atoms with Crippen LogP contribution in [0.25, 0.3) is 0 Å². The number of aromatic amines is 1. The minimum absolute atomic E-state index is 0.137. The summed E-state index contributed by atoms with van der Waals surface area (Å²) in [5.41, 5.74) is -0.569. The first-order valence-electron chi connectivity index (χ1n) is 6.53. The van der Waals surface area contributed by atoms with E-state index in [1.54, 1.807) is 0 Å². The van der Waals surface area contributed by atoms with Crippen LogP contribution < -0.4 is 11.2 Å². The fourth-order valence-electron chi connectivity index (χ4n) is 2.62. The van der Waals surface area contributed by atoms with E-state index in [1.165, 1.54) is 4.57 Å². The molecule has 1 aromatic rings. The standard InChI is InChI=1S/C13H19ClN2O3/c1-4-9-10(14)15-12(18)16(11(9)17)8-5-6-19-13(2,3)7-8/h8H,4-7H2,1-3H3,(H,15,18). The number of H-pyrrole nitrogens is 1. The van der Waals surface area contributed by atoms with Crippen LogP contribution in [0.3, 0.4) is 0 Å². The Labute approximate surface area is 116 Å². The zero-order valence-corrected chi connectivity index (χ0v) is 12.2. The SMILES string of the molecule is CCc1c(Cl)[nH]c(=O)n(C2CCOC(C)(C)C2)c1=O. The first-order valence-corrected chi connectivity index (χ1v) is 6.90. The summed E-state index contributed by atoms with van der Waals surface area (Å²) in [5, 5.41) is 0.153. The lowest BCUT2D eigenvalue weighted by Crippen LogP contribution is -2.45. The van der Waals surface area contributed by atoms with Gasteiger partial charge in [-0.1, -0.05) is 18.5 Å². The molecule has 1 aliphatic rings. The molecular weight excluding hydrogens is 268 g/mol. The highest BCUT2D eigenvalue weighted by molar-refractivity contribution is 6.30. The normalized spacial score (nSPS) is 22.4. The Morgan fingerprint density at radius 1 is 1.47 bits per heavy atom. The van der Waals surface area contributed by atoms with Crippen molar-refractivity contribution in [3.63, 3.8) is 0 Å². The van der Waals surface area contributed by atoms with Crippen molar-refractivity contribution in [1.29, 1.82) is 0 Å². The monoisotopic (exact) mass is 286 g/mol. The van der Waals surface area contributed by atoms with E-state index in [4.69, 9.17) is 16.3 Å². The highest BCUT2D eigenvalue weighted by Crippen LogP contribution is 2.30. The lowest BCUT2D eigenvalue weighted by atomic mass is 9.93. The summed E-state index contributed by atoms with van der Waals surface area (Å²) in [5.74, 6) is 0. The molecule has 0 spiro atoms. The van der Waals surface area contributed by atoms with Crippen molar-refractivity contribution in [3.8, 4) is 0 Å². The molecule has 1 unspecified atom stereocenters. The predicted octanol–water partition coefficient (Wildman–Crippen LogP) is 1.88. The number of nitrogens with one attached hydrogen (secondary N) is 1. The fraction of sp³-hybridized carbons (Fsp3) is 0.692. The number of nitrogens with zero attached hydrogens (tertiary/aromatic N) is 1. The number of halogens is 1. The maximum Gasteiger partial charge on any atom is 0.329 e. The first kappa shape index (κ1) is 14.3. The van der Waals surface area contributed by atoms with Gasteiger partial charge in [-0.2, -0.15) is 0 Å². The molecule has 1 saturated heterocycles. The number of aromatic nitrogens is 2. The Bertz CT molecular complexity index is 589. The number of rotatable bonds is 2. The van der Waals surface area contributed by atoms with Crippen LogP contribution in [0.1, 0.15) is 45.2 Å². The van der Waals surface area contributed by atoms with E-state index >= 15 is 0 Å². The van der Waals surface area contributed by atoms with Crippen molar-refractivity contribution in [3.05, 3.63) is 31.6 Å². The van der Waals surface area contributed by atoms with Crippen molar-refractivity contribution >= 4 is 11.6 Å². The number of hydrogen-bond donors (Lipinski definition) is 1. The van der Waals surface area contributed by atoms with Crippen molar-refractivity contribution in [2.24, 2.45) is 0 Å². The van der Waals surface area contributed by atoms with Crippen LogP contribution in [0.5, 0.6) is 0 Å². The summed E-state index contributed by atoms with van der Waals surface area (Å²) in [6.45, 7) is 6.33. The van der Waals surface area contributed by atoms with Crippen LogP contribution in [0, 0.1) is 0 Å². The third-order valence-electron chi connectivity index (χ3n) is 3.57. The molecule has 0 saturated carbocycles. The topological polar surface area (TPSA) is 64.1 Å². The minimum atomic E-state index is -0.435. The van der Waals surface area contributed by atoms with Gasteiger partial charge < -0.3 is 4.74 Å². The average Bonchev–Trinajstić information content (AvgIpc) is 2.27. The van der Waals surface area contributed by atoms with E-state index in [0.717, 1.165) is 0 Å². The van der Waals surface area contributed by atoms with Crippen molar-refractivity contribution in [1.82, 2.24) is 9.55 Å². The molecule has 1 aliphatic heterocycles. The molecule has 6 heteroatoms. The summed E-state index contributed by atoms with van der Waals surface area (Å²) in [7, 11) is 0. The third kappa shape index (κ3) is 2.77. The van der Waals surface area contributed by atoms with Crippen LogP contribution >= 0.6 is 11.6 Å². The quantitative estimate of drug-likeness (QED) is 0.844. The Balaban J connectivity index is 2.51. The van der Waals surface area contributed by atoms with E-state index < -0.39 is 5.69 Å². The summed E-state index contributed by atoms with van der Waals surface area (Å²) >= 11 is 5.91. The molecule has 19 heavy (non-hydrogen) atoms. The Morgan fingerprint density at radius 2 is 2.16 bits per heavy atom. The molecular formula is C13H19ClN2O3. The van der Waals surface area contributed by atoms with E-state index in [1.807, 2.05) is 20.8 Å². The Hall–Kier alpha value is -1.07. The van der Waals surface area contributed by atoms with Crippen LogP contribution in [-0.2, 0) is 11.2 Å². The van der Waals surface area contributed by atoms with Crippen LogP contribution in [0.15, 0.2) is 9.59 Å². The summed E-state index contributed by atoms with van der Waals surface area (Å²) in [6.07, 6.45) is 1.80. The molecule has 1 aromatic heterocycles.